The van der Waals surface area contributed by atoms with Crippen molar-refractivity contribution in [3.63, 3.8) is 0 Å². The van der Waals surface area contributed by atoms with Crippen LogP contribution in [0.4, 0.5) is 0 Å². The van der Waals surface area contributed by atoms with Gasteiger partial charge in [-0.25, -0.2) is 13.4 Å². The smallest absolute Gasteiger partial charge is 0.215 e. The number of nitrogens with one attached hydrogen (secondary N) is 1. The molecule has 2 fully saturated rings. The molecule has 0 radical (unpaired) electrons. The fourth-order valence-corrected chi connectivity index (χ4v) is 5.79. The van der Waals surface area contributed by atoms with Gasteiger partial charge in [0, 0.05) is 6.54 Å². The van der Waals surface area contributed by atoms with Gasteiger partial charge in [-0.15, -0.1) is 0 Å². The largest absolute Gasteiger partial charge is 0.341 e. The number of H-pyrrole nitrogens is 1. The molecule has 2 aliphatic rings. The number of rotatable bonds is 5. The monoisotopic (exact) mass is 345 g/mol. The molecule has 1 aromatic heterocycles. The van der Waals surface area contributed by atoms with E-state index < -0.39 is 10.0 Å². The minimum Gasteiger partial charge on any atom is -0.341 e. The molecule has 0 amide bonds. The summed E-state index contributed by atoms with van der Waals surface area (Å²) in [5.41, 5.74) is 2.01. The molecule has 24 heavy (non-hydrogen) atoms. The topological polar surface area (TPSA) is 66.1 Å². The molecule has 1 atom stereocenters. The van der Waals surface area contributed by atoms with Crippen LogP contribution in [0.15, 0.2) is 36.5 Å². The number of hydrogen-bond donors (Lipinski definition) is 1. The molecule has 1 aliphatic heterocycles. The molecule has 1 saturated heterocycles. The first-order valence-electron chi connectivity index (χ1n) is 8.73. The number of sulfonamides is 1. The Morgan fingerprint density at radius 2 is 1.92 bits per heavy atom. The lowest BCUT2D eigenvalue weighted by atomic mass is 9.87. The summed E-state index contributed by atoms with van der Waals surface area (Å²) in [4.78, 5) is 7.83. The van der Waals surface area contributed by atoms with Gasteiger partial charge < -0.3 is 4.98 Å². The van der Waals surface area contributed by atoms with Gasteiger partial charge in [-0.1, -0.05) is 36.8 Å². The van der Waals surface area contributed by atoms with Crippen LogP contribution in [0.1, 0.15) is 44.0 Å². The number of nitrogens with zero attached hydrogens (tertiary/aromatic N) is 2. The Labute approximate surface area is 143 Å². The first kappa shape index (κ1) is 15.8. The standard InChI is InChI=1S/C18H23N3O2S/c22-24(23,13-14-6-4-7-14)21-11-5-10-17(21)18-19-12-16(20-18)15-8-2-1-3-9-15/h1-3,8-9,12,14,17H,4-7,10-11,13H2,(H,19,20). The summed E-state index contributed by atoms with van der Waals surface area (Å²) in [6.07, 6.45) is 6.82. The van der Waals surface area contributed by atoms with Gasteiger partial charge in [0.05, 0.1) is 23.7 Å². The predicted octanol–water partition coefficient (Wildman–Crippen LogP) is 3.34. The van der Waals surface area contributed by atoms with Gasteiger partial charge in [0.15, 0.2) is 0 Å². The zero-order valence-corrected chi connectivity index (χ0v) is 14.5. The number of benzene rings is 1. The lowest BCUT2D eigenvalue weighted by Gasteiger charge is -2.29. The van der Waals surface area contributed by atoms with Gasteiger partial charge in [0.2, 0.25) is 10.0 Å². The SMILES string of the molecule is O=S(=O)(CC1CCC1)N1CCCC1c1ncc(-c2ccccc2)[nH]1. The molecule has 0 bridgehead atoms. The Bertz CT molecular complexity index is 797. The maximum absolute atomic E-state index is 12.8. The van der Waals surface area contributed by atoms with Crippen LogP contribution in [0.25, 0.3) is 11.3 Å². The van der Waals surface area contributed by atoms with Crippen molar-refractivity contribution < 1.29 is 8.42 Å². The van der Waals surface area contributed by atoms with Crippen molar-refractivity contribution in [2.75, 3.05) is 12.3 Å². The van der Waals surface area contributed by atoms with E-state index in [0.717, 1.165) is 42.8 Å². The van der Waals surface area contributed by atoms with Gasteiger partial charge >= 0.3 is 0 Å². The van der Waals surface area contributed by atoms with Gasteiger partial charge in [0.1, 0.15) is 5.82 Å². The first-order valence-corrected chi connectivity index (χ1v) is 10.3. The van der Waals surface area contributed by atoms with Crippen LogP contribution in [0.5, 0.6) is 0 Å². The highest BCUT2D eigenvalue weighted by atomic mass is 32.2. The van der Waals surface area contributed by atoms with E-state index in [2.05, 4.69) is 9.97 Å². The maximum Gasteiger partial charge on any atom is 0.215 e. The molecular formula is C18H23N3O2S. The van der Waals surface area contributed by atoms with E-state index in [-0.39, 0.29) is 6.04 Å². The summed E-state index contributed by atoms with van der Waals surface area (Å²) in [5, 5.41) is 0. The van der Waals surface area contributed by atoms with Crippen molar-refractivity contribution in [1.82, 2.24) is 14.3 Å². The van der Waals surface area contributed by atoms with Crippen molar-refractivity contribution in [1.29, 1.82) is 0 Å². The molecule has 2 heterocycles. The normalized spacial score (nSPS) is 22.6. The molecule has 0 spiro atoms. The molecule has 6 heteroatoms. The lowest BCUT2D eigenvalue weighted by Crippen LogP contribution is -2.36. The van der Waals surface area contributed by atoms with Crippen LogP contribution in [0.3, 0.4) is 0 Å². The zero-order valence-electron chi connectivity index (χ0n) is 13.7. The molecule has 1 aromatic carbocycles. The van der Waals surface area contributed by atoms with Gasteiger partial charge in [0.25, 0.3) is 0 Å². The Morgan fingerprint density at radius 1 is 1.12 bits per heavy atom. The van der Waals surface area contributed by atoms with Crippen molar-refractivity contribution in [2.45, 2.75) is 38.1 Å². The van der Waals surface area contributed by atoms with E-state index in [1.54, 1.807) is 10.5 Å². The van der Waals surface area contributed by atoms with Crippen LogP contribution < -0.4 is 0 Å². The van der Waals surface area contributed by atoms with Crippen LogP contribution in [-0.4, -0.2) is 35.0 Å². The number of imidazole rings is 1. The molecule has 1 N–H and O–H groups in total. The van der Waals surface area contributed by atoms with Gasteiger partial charge in [-0.3, -0.25) is 0 Å². The summed E-state index contributed by atoms with van der Waals surface area (Å²) in [7, 11) is -3.20. The van der Waals surface area contributed by atoms with Crippen molar-refractivity contribution in [3.8, 4) is 11.3 Å². The first-order chi connectivity index (χ1) is 11.6. The lowest BCUT2D eigenvalue weighted by molar-refractivity contribution is 0.329. The molecule has 1 saturated carbocycles. The quantitative estimate of drug-likeness (QED) is 0.904. The number of aromatic amines is 1. The number of hydrogen-bond acceptors (Lipinski definition) is 3. The fraction of sp³-hybridized carbons (Fsp3) is 0.500. The van der Waals surface area contributed by atoms with Crippen LogP contribution >= 0.6 is 0 Å². The van der Waals surface area contributed by atoms with Gasteiger partial charge in [-0.05, 0) is 37.2 Å². The third kappa shape index (κ3) is 3.00. The average molecular weight is 345 g/mol. The Hall–Kier alpha value is -1.66. The highest BCUT2D eigenvalue weighted by Crippen LogP contribution is 2.36. The van der Waals surface area contributed by atoms with Crippen molar-refractivity contribution in [2.24, 2.45) is 5.92 Å². The van der Waals surface area contributed by atoms with Crippen LogP contribution in [0, 0.1) is 5.92 Å². The summed E-state index contributed by atoms with van der Waals surface area (Å²) >= 11 is 0. The van der Waals surface area contributed by atoms with Gasteiger partial charge in [-0.2, -0.15) is 4.31 Å². The minimum atomic E-state index is -3.20. The summed E-state index contributed by atoms with van der Waals surface area (Å²) in [6.45, 7) is 0.612. The van der Waals surface area contributed by atoms with E-state index in [4.69, 9.17) is 0 Å². The molecule has 128 valence electrons. The Kier molecular flexibility index (Phi) is 4.18. The van der Waals surface area contributed by atoms with Crippen molar-refractivity contribution in [3.05, 3.63) is 42.4 Å². The van der Waals surface area contributed by atoms with Crippen LogP contribution in [-0.2, 0) is 10.0 Å². The molecule has 1 unspecified atom stereocenters. The molecule has 5 nitrogen and oxygen atoms in total. The molecule has 2 aromatic rings. The summed E-state index contributed by atoms with van der Waals surface area (Å²) < 4.78 is 27.2. The summed E-state index contributed by atoms with van der Waals surface area (Å²) in [5.74, 6) is 1.42. The molecule has 1 aliphatic carbocycles. The van der Waals surface area contributed by atoms with E-state index in [1.165, 1.54) is 6.42 Å². The van der Waals surface area contributed by atoms with Crippen molar-refractivity contribution >= 4 is 10.0 Å². The fourth-order valence-electron chi connectivity index (χ4n) is 3.67. The second kappa shape index (κ2) is 6.33. The number of aromatic nitrogens is 2. The van der Waals surface area contributed by atoms with E-state index in [1.807, 2.05) is 30.3 Å². The average Bonchev–Trinajstić information content (AvgIpc) is 3.21. The second-order valence-corrected chi connectivity index (χ2v) is 8.86. The molecule has 4 rings (SSSR count). The highest BCUT2D eigenvalue weighted by molar-refractivity contribution is 7.89. The maximum atomic E-state index is 12.8. The van der Waals surface area contributed by atoms with Crippen LogP contribution in [0.2, 0.25) is 0 Å². The Morgan fingerprint density at radius 3 is 2.62 bits per heavy atom. The molecular weight excluding hydrogens is 322 g/mol. The van der Waals surface area contributed by atoms with E-state index in [0.29, 0.717) is 18.2 Å². The van der Waals surface area contributed by atoms with E-state index >= 15 is 0 Å². The third-order valence-electron chi connectivity index (χ3n) is 5.23. The van der Waals surface area contributed by atoms with E-state index in [9.17, 15) is 8.42 Å². The minimum absolute atomic E-state index is 0.146. The summed E-state index contributed by atoms with van der Waals surface area (Å²) in [6, 6.07) is 9.86. The third-order valence-corrected chi connectivity index (χ3v) is 7.27. The zero-order chi connectivity index (χ0) is 16.6. The predicted molar refractivity (Wildman–Crippen MR) is 93.8 cm³/mol. The second-order valence-electron chi connectivity index (χ2n) is 6.89. The Balaban J connectivity index is 1.56. The highest BCUT2D eigenvalue weighted by Gasteiger charge is 2.38.